The molecule has 1 aromatic carbocycles. The number of rotatable bonds is 3. The fourth-order valence-electron chi connectivity index (χ4n) is 3.76. The second-order valence-electron chi connectivity index (χ2n) is 6.26. The SMILES string of the molecule is O=[N+]([O-])C1=C2N(Cc3ccc(O)cc3)CCN2C2CCCC1O2. The van der Waals surface area contributed by atoms with Crippen molar-refractivity contribution in [3.05, 3.63) is 51.5 Å². The predicted molar refractivity (Wildman–Crippen MR) is 81.8 cm³/mol. The van der Waals surface area contributed by atoms with Crippen molar-refractivity contribution < 1.29 is 14.8 Å². The summed E-state index contributed by atoms with van der Waals surface area (Å²) >= 11 is 0. The molecular weight excluding hydrogens is 298 g/mol. The summed E-state index contributed by atoms with van der Waals surface area (Å²) in [4.78, 5) is 15.5. The maximum Gasteiger partial charge on any atom is 0.314 e. The Kier molecular flexibility index (Phi) is 3.37. The van der Waals surface area contributed by atoms with Crippen molar-refractivity contribution in [1.29, 1.82) is 0 Å². The maximum atomic E-state index is 11.6. The van der Waals surface area contributed by atoms with E-state index < -0.39 is 6.10 Å². The van der Waals surface area contributed by atoms with Crippen LogP contribution in [0.3, 0.4) is 0 Å². The van der Waals surface area contributed by atoms with Gasteiger partial charge in [0.25, 0.3) is 0 Å². The molecule has 0 saturated carbocycles. The molecule has 2 bridgehead atoms. The highest BCUT2D eigenvalue weighted by Gasteiger charge is 2.48. The second-order valence-corrected chi connectivity index (χ2v) is 6.26. The van der Waals surface area contributed by atoms with E-state index in [-0.39, 0.29) is 22.6 Å². The van der Waals surface area contributed by atoms with Crippen LogP contribution >= 0.6 is 0 Å². The zero-order valence-corrected chi connectivity index (χ0v) is 12.7. The minimum Gasteiger partial charge on any atom is -0.508 e. The van der Waals surface area contributed by atoms with E-state index in [1.165, 1.54) is 0 Å². The van der Waals surface area contributed by atoms with E-state index in [4.69, 9.17) is 4.74 Å². The minimum absolute atomic E-state index is 0.0303. The number of ether oxygens (including phenoxy) is 1. The van der Waals surface area contributed by atoms with Crippen LogP contribution in [0.25, 0.3) is 0 Å². The molecule has 0 spiro atoms. The molecule has 7 heteroatoms. The molecule has 0 aromatic heterocycles. The third-order valence-corrected chi connectivity index (χ3v) is 4.81. The number of hydrogen-bond donors (Lipinski definition) is 1. The molecule has 3 heterocycles. The van der Waals surface area contributed by atoms with Crippen LogP contribution in [-0.4, -0.2) is 45.3 Å². The lowest BCUT2D eigenvalue weighted by Crippen LogP contribution is -2.48. The highest BCUT2D eigenvalue weighted by Crippen LogP contribution is 2.39. The molecular formula is C16H19N3O4. The fraction of sp³-hybridized carbons (Fsp3) is 0.500. The van der Waals surface area contributed by atoms with Crippen molar-refractivity contribution in [3.63, 3.8) is 0 Å². The van der Waals surface area contributed by atoms with Crippen LogP contribution in [0.15, 0.2) is 35.8 Å². The number of aromatic hydroxyl groups is 1. The van der Waals surface area contributed by atoms with Gasteiger partial charge in [0, 0.05) is 19.6 Å². The first kappa shape index (κ1) is 14.3. The summed E-state index contributed by atoms with van der Waals surface area (Å²) in [7, 11) is 0. The quantitative estimate of drug-likeness (QED) is 0.677. The predicted octanol–water partition coefficient (Wildman–Crippen LogP) is 1.86. The van der Waals surface area contributed by atoms with Gasteiger partial charge in [-0.1, -0.05) is 12.1 Å². The number of benzene rings is 1. The van der Waals surface area contributed by atoms with Gasteiger partial charge in [-0.25, -0.2) is 0 Å². The molecule has 2 fully saturated rings. The Morgan fingerprint density at radius 1 is 1.26 bits per heavy atom. The smallest absolute Gasteiger partial charge is 0.314 e. The van der Waals surface area contributed by atoms with Gasteiger partial charge < -0.3 is 19.6 Å². The van der Waals surface area contributed by atoms with Crippen molar-refractivity contribution in [3.8, 4) is 5.75 Å². The topological polar surface area (TPSA) is 79.1 Å². The number of fused-ring (bicyclic) bond motifs is 4. The summed E-state index contributed by atoms with van der Waals surface area (Å²) in [6.07, 6.45) is 2.19. The van der Waals surface area contributed by atoms with Gasteiger partial charge in [-0.3, -0.25) is 10.1 Å². The molecule has 0 amide bonds. The van der Waals surface area contributed by atoms with Crippen LogP contribution < -0.4 is 0 Å². The van der Waals surface area contributed by atoms with Gasteiger partial charge in [0.1, 0.15) is 12.0 Å². The number of phenolic OH excluding ortho intramolecular Hbond substituents is 1. The highest BCUT2D eigenvalue weighted by molar-refractivity contribution is 5.27. The van der Waals surface area contributed by atoms with Crippen LogP contribution in [0.4, 0.5) is 0 Å². The Labute approximate surface area is 133 Å². The third-order valence-electron chi connectivity index (χ3n) is 4.81. The average Bonchev–Trinajstić information content (AvgIpc) is 2.93. The van der Waals surface area contributed by atoms with E-state index in [2.05, 4.69) is 4.90 Å². The van der Waals surface area contributed by atoms with Gasteiger partial charge in [0.2, 0.25) is 0 Å². The summed E-state index contributed by atoms with van der Waals surface area (Å²) in [5.74, 6) is 0.951. The van der Waals surface area contributed by atoms with Gasteiger partial charge in [0.15, 0.2) is 11.9 Å². The van der Waals surface area contributed by atoms with E-state index in [9.17, 15) is 15.2 Å². The Morgan fingerprint density at radius 2 is 2.04 bits per heavy atom. The van der Waals surface area contributed by atoms with E-state index in [0.717, 1.165) is 43.7 Å². The molecule has 2 saturated heterocycles. The second kappa shape index (κ2) is 5.42. The molecule has 0 radical (unpaired) electrons. The minimum atomic E-state index is -0.393. The van der Waals surface area contributed by atoms with Gasteiger partial charge in [-0.15, -0.1) is 0 Å². The summed E-state index contributed by atoms with van der Waals surface area (Å²) in [5, 5.41) is 21.0. The Morgan fingerprint density at radius 3 is 2.78 bits per heavy atom. The van der Waals surface area contributed by atoms with Crippen molar-refractivity contribution in [2.24, 2.45) is 0 Å². The molecule has 4 rings (SSSR count). The van der Waals surface area contributed by atoms with Gasteiger partial charge in [-0.05, 0) is 37.0 Å². The van der Waals surface area contributed by atoms with E-state index in [1.54, 1.807) is 12.1 Å². The number of hydrogen-bond acceptors (Lipinski definition) is 6. The van der Waals surface area contributed by atoms with Crippen molar-refractivity contribution >= 4 is 0 Å². The lowest BCUT2D eigenvalue weighted by molar-refractivity contribution is -0.448. The van der Waals surface area contributed by atoms with E-state index in [0.29, 0.717) is 6.54 Å². The molecule has 3 aliphatic rings. The first-order chi connectivity index (χ1) is 11.1. The van der Waals surface area contributed by atoms with Crippen molar-refractivity contribution in [2.75, 3.05) is 13.1 Å². The van der Waals surface area contributed by atoms with Gasteiger partial charge in [-0.2, -0.15) is 0 Å². The molecule has 7 nitrogen and oxygen atoms in total. The number of nitrogens with zero attached hydrogens (tertiary/aromatic N) is 3. The largest absolute Gasteiger partial charge is 0.508 e. The molecule has 1 aromatic rings. The summed E-state index contributed by atoms with van der Waals surface area (Å²) in [5.41, 5.74) is 1.23. The standard InChI is InChI=1S/C16H19N3O4/c20-12-6-4-11(5-7-12)10-17-8-9-18-14-3-1-2-13(23-14)15(16(17)18)19(21)22/h4-7,13-14,20H,1-3,8-10H2. The van der Waals surface area contributed by atoms with Crippen LogP contribution in [0.1, 0.15) is 24.8 Å². The Hall–Kier alpha value is -2.28. The number of nitro groups is 1. The molecule has 3 aliphatic heterocycles. The molecule has 23 heavy (non-hydrogen) atoms. The maximum absolute atomic E-state index is 11.6. The van der Waals surface area contributed by atoms with Gasteiger partial charge >= 0.3 is 5.70 Å². The molecule has 122 valence electrons. The zero-order chi connectivity index (χ0) is 16.0. The van der Waals surface area contributed by atoms with Crippen LogP contribution in [-0.2, 0) is 11.3 Å². The molecule has 0 aliphatic carbocycles. The number of phenols is 1. The average molecular weight is 317 g/mol. The molecule has 2 unspecified atom stereocenters. The Bertz CT molecular complexity index is 658. The fourth-order valence-corrected chi connectivity index (χ4v) is 3.76. The molecule has 1 N–H and O–H groups in total. The van der Waals surface area contributed by atoms with Crippen molar-refractivity contribution in [2.45, 2.75) is 38.1 Å². The Balaban J connectivity index is 1.68. The normalized spacial score (nSPS) is 26.4. The van der Waals surface area contributed by atoms with E-state index in [1.807, 2.05) is 17.0 Å². The van der Waals surface area contributed by atoms with Crippen molar-refractivity contribution in [1.82, 2.24) is 9.80 Å². The lowest BCUT2D eigenvalue weighted by atomic mass is 10.0. The third kappa shape index (κ3) is 2.41. The summed E-state index contributed by atoms with van der Waals surface area (Å²) < 4.78 is 5.89. The van der Waals surface area contributed by atoms with Crippen LogP contribution in [0.5, 0.6) is 5.75 Å². The summed E-state index contributed by atoms with van der Waals surface area (Å²) in [6.45, 7) is 2.10. The first-order valence-corrected chi connectivity index (χ1v) is 7.97. The zero-order valence-electron chi connectivity index (χ0n) is 12.7. The van der Waals surface area contributed by atoms with Gasteiger partial charge in [0.05, 0.1) is 4.92 Å². The highest BCUT2D eigenvalue weighted by atomic mass is 16.6. The lowest BCUT2D eigenvalue weighted by Gasteiger charge is -2.41. The van der Waals surface area contributed by atoms with Crippen LogP contribution in [0.2, 0.25) is 0 Å². The van der Waals surface area contributed by atoms with E-state index >= 15 is 0 Å². The first-order valence-electron chi connectivity index (χ1n) is 7.97. The molecule has 2 atom stereocenters. The van der Waals surface area contributed by atoms with Crippen LogP contribution in [0, 0.1) is 10.1 Å². The summed E-state index contributed by atoms with van der Waals surface area (Å²) in [6, 6.07) is 6.99. The monoisotopic (exact) mass is 317 g/mol.